The van der Waals surface area contributed by atoms with Crippen LogP contribution in [0.5, 0.6) is 0 Å². The summed E-state index contributed by atoms with van der Waals surface area (Å²) in [5.41, 5.74) is 1.24. The molecule has 12 heavy (non-hydrogen) atoms. The molecule has 1 unspecified atom stereocenters. The lowest BCUT2D eigenvalue weighted by Crippen LogP contribution is -1.94. The van der Waals surface area contributed by atoms with Crippen molar-refractivity contribution >= 4 is 22.6 Å². The van der Waals surface area contributed by atoms with Gasteiger partial charge in [0.2, 0.25) is 0 Å². The monoisotopic (exact) mass is 272 g/mol. The molecule has 0 saturated heterocycles. The Morgan fingerprint density at radius 1 is 1.25 bits per heavy atom. The Bertz CT molecular complexity index is 289. The van der Waals surface area contributed by atoms with Crippen LogP contribution in [0.2, 0.25) is 0 Å². The molecular formula is C10H9IO. The number of ether oxygens (including phenoxy) is 1. The smallest absolute Gasteiger partial charge is 0.101 e. The van der Waals surface area contributed by atoms with E-state index in [-0.39, 0.29) is 6.10 Å². The van der Waals surface area contributed by atoms with Crippen LogP contribution < -0.4 is 0 Å². The maximum atomic E-state index is 5.47. The molecule has 1 aromatic rings. The van der Waals surface area contributed by atoms with Gasteiger partial charge >= 0.3 is 0 Å². The molecule has 0 aliphatic carbocycles. The molecule has 0 spiro atoms. The Labute approximate surface area is 85.6 Å². The van der Waals surface area contributed by atoms with E-state index in [4.69, 9.17) is 4.74 Å². The minimum Gasteiger partial charge on any atom is -0.365 e. The molecule has 1 heterocycles. The van der Waals surface area contributed by atoms with Crippen LogP contribution in [0.15, 0.2) is 36.4 Å². The van der Waals surface area contributed by atoms with Gasteiger partial charge in [0.25, 0.3) is 0 Å². The largest absolute Gasteiger partial charge is 0.365 e. The van der Waals surface area contributed by atoms with E-state index >= 15 is 0 Å². The standard InChI is InChI=1S/C10H9IO/c11-9-5-3-8(4-6-9)10-2-1-7-12-10/h1-6,10H,7H2. The van der Waals surface area contributed by atoms with Crippen LogP contribution in [0, 0.1) is 3.57 Å². The fraction of sp³-hybridized carbons (Fsp3) is 0.200. The fourth-order valence-corrected chi connectivity index (χ4v) is 1.61. The molecule has 0 N–H and O–H groups in total. The van der Waals surface area contributed by atoms with Gasteiger partial charge in [0.05, 0.1) is 6.61 Å². The lowest BCUT2D eigenvalue weighted by molar-refractivity contribution is 0.129. The van der Waals surface area contributed by atoms with Crippen LogP contribution in [0.25, 0.3) is 0 Å². The third kappa shape index (κ3) is 1.69. The van der Waals surface area contributed by atoms with Crippen LogP contribution in [0.3, 0.4) is 0 Å². The minimum absolute atomic E-state index is 0.182. The zero-order chi connectivity index (χ0) is 8.39. The molecule has 1 aliphatic rings. The lowest BCUT2D eigenvalue weighted by atomic mass is 10.1. The van der Waals surface area contributed by atoms with Crippen molar-refractivity contribution in [2.24, 2.45) is 0 Å². The Morgan fingerprint density at radius 2 is 2.00 bits per heavy atom. The quantitative estimate of drug-likeness (QED) is 0.564. The first-order valence-electron chi connectivity index (χ1n) is 3.90. The van der Waals surface area contributed by atoms with Crippen molar-refractivity contribution in [2.45, 2.75) is 6.10 Å². The first kappa shape index (κ1) is 8.26. The van der Waals surface area contributed by atoms with E-state index in [1.165, 1.54) is 9.13 Å². The van der Waals surface area contributed by atoms with Crippen LogP contribution in [-0.4, -0.2) is 6.61 Å². The fourth-order valence-electron chi connectivity index (χ4n) is 1.25. The molecule has 0 aromatic heterocycles. The van der Waals surface area contributed by atoms with Gasteiger partial charge in [0.15, 0.2) is 0 Å². The van der Waals surface area contributed by atoms with Gasteiger partial charge in [-0.1, -0.05) is 24.3 Å². The van der Waals surface area contributed by atoms with Gasteiger partial charge in [0, 0.05) is 3.57 Å². The highest BCUT2D eigenvalue weighted by Gasteiger charge is 2.10. The van der Waals surface area contributed by atoms with E-state index in [0.717, 1.165) is 6.61 Å². The Balaban J connectivity index is 2.23. The van der Waals surface area contributed by atoms with Gasteiger partial charge in [-0.05, 0) is 40.3 Å². The van der Waals surface area contributed by atoms with Crippen LogP contribution in [0.4, 0.5) is 0 Å². The van der Waals surface area contributed by atoms with Crippen LogP contribution in [-0.2, 0) is 4.74 Å². The number of benzene rings is 1. The van der Waals surface area contributed by atoms with Crippen LogP contribution in [0.1, 0.15) is 11.7 Å². The summed E-state index contributed by atoms with van der Waals surface area (Å²) in [6.07, 6.45) is 4.34. The maximum Gasteiger partial charge on any atom is 0.101 e. The van der Waals surface area contributed by atoms with Gasteiger partial charge in [0.1, 0.15) is 6.10 Å². The Kier molecular flexibility index (Phi) is 2.46. The maximum absolute atomic E-state index is 5.47. The minimum atomic E-state index is 0.182. The average Bonchev–Trinajstić information content (AvgIpc) is 2.58. The summed E-state index contributed by atoms with van der Waals surface area (Å²) in [5.74, 6) is 0. The zero-order valence-corrected chi connectivity index (χ0v) is 8.69. The van der Waals surface area contributed by atoms with Crippen molar-refractivity contribution < 1.29 is 4.74 Å². The van der Waals surface area contributed by atoms with E-state index in [1.54, 1.807) is 0 Å². The predicted molar refractivity (Wildman–Crippen MR) is 57.0 cm³/mol. The molecule has 62 valence electrons. The van der Waals surface area contributed by atoms with Crippen molar-refractivity contribution in [1.82, 2.24) is 0 Å². The van der Waals surface area contributed by atoms with E-state index in [2.05, 4.69) is 59.0 Å². The van der Waals surface area contributed by atoms with E-state index < -0.39 is 0 Å². The van der Waals surface area contributed by atoms with Gasteiger partial charge < -0.3 is 4.74 Å². The third-order valence-corrected chi connectivity index (χ3v) is 2.60. The molecule has 2 rings (SSSR count). The Hall–Kier alpha value is -0.350. The molecule has 0 radical (unpaired) electrons. The average molecular weight is 272 g/mol. The molecule has 1 nitrogen and oxygen atoms in total. The van der Waals surface area contributed by atoms with Gasteiger partial charge in [-0.15, -0.1) is 0 Å². The first-order chi connectivity index (χ1) is 5.86. The first-order valence-corrected chi connectivity index (χ1v) is 4.98. The number of halogens is 1. The summed E-state index contributed by atoms with van der Waals surface area (Å²) in [4.78, 5) is 0. The highest BCUT2D eigenvalue weighted by atomic mass is 127. The van der Waals surface area contributed by atoms with Crippen molar-refractivity contribution in [1.29, 1.82) is 0 Å². The van der Waals surface area contributed by atoms with Crippen molar-refractivity contribution in [2.75, 3.05) is 6.61 Å². The topological polar surface area (TPSA) is 9.23 Å². The highest BCUT2D eigenvalue weighted by Crippen LogP contribution is 2.23. The summed E-state index contributed by atoms with van der Waals surface area (Å²) in [6, 6.07) is 8.43. The summed E-state index contributed by atoms with van der Waals surface area (Å²) in [6.45, 7) is 0.747. The zero-order valence-electron chi connectivity index (χ0n) is 6.53. The number of hydrogen-bond acceptors (Lipinski definition) is 1. The lowest BCUT2D eigenvalue weighted by Gasteiger charge is -2.07. The van der Waals surface area contributed by atoms with E-state index in [1.807, 2.05) is 0 Å². The van der Waals surface area contributed by atoms with E-state index in [9.17, 15) is 0 Å². The molecule has 1 aromatic carbocycles. The second-order valence-electron chi connectivity index (χ2n) is 2.73. The molecule has 0 bridgehead atoms. The second kappa shape index (κ2) is 3.58. The summed E-state index contributed by atoms with van der Waals surface area (Å²) < 4.78 is 6.73. The van der Waals surface area contributed by atoms with Gasteiger partial charge in [-0.25, -0.2) is 0 Å². The van der Waals surface area contributed by atoms with Gasteiger partial charge in [-0.2, -0.15) is 0 Å². The van der Waals surface area contributed by atoms with Crippen LogP contribution >= 0.6 is 22.6 Å². The number of rotatable bonds is 1. The molecule has 1 aliphatic heterocycles. The molecule has 2 heteroatoms. The summed E-state index contributed by atoms with van der Waals surface area (Å²) >= 11 is 2.30. The normalized spacial score (nSPS) is 21.6. The number of hydrogen-bond donors (Lipinski definition) is 0. The Morgan fingerprint density at radius 3 is 2.58 bits per heavy atom. The molecule has 1 atom stereocenters. The van der Waals surface area contributed by atoms with E-state index in [0.29, 0.717) is 0 Å². The van der Waals surface area contributed by atoms with Crippen molar-refractivity contribution in [3.8, 4) is 0 Å². The van der Waals surface area contributed by atoms with Gasteiger partial charge in [-0.3, -0.25) is 0 Å². The second-order valence-corrected chi connectivity index (χ2v) is 3.98. The predicted octanol–water partition coefficient (Wildman–Crippen LogP) is 2.92. The van der Waals surface area contributed by atoms with Crippen molar-refractivity contribution in [3.05, 3.63) is 45.6 Å². The molecule has 0 saturated carbocycles. The SMILES string of the molecule is Ic1ccc(C2C=CCO2)cc1. The van der Waals surface area contributed by atoms with Crippen molar-refractivity contribution in [3.63, 3.8) is 0 Å². The summed E-state index contributed by atoms with van der Waals surface area (Å²) in [7, 11) is 0. The highest BCUT2D eigenvalue weighted by molar-refractivity contribution is 14.1. The third-order valence-electron chi connectivity index (χ3n) is 1.88. The summed E-state index contributed by atoms with van der Waals surface area (Å²) in [5, 5.41) is 0. The molecule has 0 fully saturated rings. The molecule has 0 amide bonds. The molecular weight excluding hydrogens is 263 g/mol.